The summed E-state index contributed by atoms with van der Waals surface area (Å²) in [7, 11) is 0. The first-order chi connectivity index (χ1) is 10.8. The molecule has 0 bridgehead atoms. The second-order valence-corrected chi connectivity index (χ2v) is 5.95. The van der Waals surface area contributed by atoms with Gasteiger partial charge in [-0.2, -0.15) is 5.26 Å². The molecule has 0 saturated carbocycles. The second kappa shape index (κ2) is 6.08. The van der Waals surface area contributed by atoms with Crippen LogP contribution in [0.15, 0.2) is 57.8 Å². The minimum absolute atomic E-state index is 0.133. The van der Waals surface area contributed by atoms with Crippen LogP contribution in [0.3, 0.4) is 0 Å². The second-order valence-electron chi connectivity index (χ2n) is 4.87. The molecule has 0 saturated heterocycles. The number of aldehydes is 1. The van der Waals surface area contributed by atoms with Crippen molar-refractivity contribution in [2.45, 2.75) is 16.7 Å². The van der Waals surface area contributed by atoms with E-state index in [4.69, 9.17) is 5.26 Å². The number of allylic oxidation sites excluding steroid dienone is 1. The predicted molar refractivity (Wildman–Crippen MR) is 89.3 cm³/mol. The molecule has 0 N–H and O–H groups in total. The maximum atomic E-state index is 10.8. The third kappa shape index (κ3) is 2.51. The minimum Gasteiger partial charge on any atom is -0.340 e. The fourth-order valence-electron chi connectivity index (χ4n) is 2.55. The van der Waals surface area contributed by atoms with Gasteiger partial charge in [-0.25, -0.2) is 0 Å². The van der Waals surface area contributed by atoms with Gasteiger partial charge >= 0.3 is 0 Å². The van der Waals surface area contributed by atoms with Crippen molar-refractivity contribution in [2.24, 2.45) is 0 Å². The Kier molecular flexibility index (Phi) is 3.99. The lowest BCUT2D eigenvalue weighted by atomic mass is 10.1. The zero-order valence-electron chi connectivity index (χ0n) is 12.1. The van der Waals surface area contributed by atoms with E-state index in [9.17, 15) is 4.79 Å². The highest BCUT2D eigenvalue weighted by Gasteiger charge is 2.21. The van der Waals surface area contributed by atoms with E-state index in [-0.39, 0.29) is 5.57 Å². The summed E-state index contributed by atoms with van der Waals surface area (Å²) in [5, 5.41) is 8.87. The Balaban J connectivity index is 2.07. The molecular weight excluding hydrogens is 292 g/mol. The van der Waals surface area contributed by atoms with E-state index in [0.29, 0.717) is 6.29 Å². The highest BCUT2D eigenvalue weighted by atomic mass is 32.2. The Morgan fingerprint density at radius 2 is 2.00 bits per heavy atom. The summed E-state index contributed by atoms with van der Waals surface area (Å²) in [6.45, 7) is 3.02. The number of para-hydroxylation sites is 1. The van der Waals surface area contributed by atoms with E-state index >= 15 is 0 Å². The summed E-state index contributed by atoms with van der Waals surface area (Å²) in [6, 6.07) is 16.2. The van der Waals surface area contributed by atoms with Gasteiger partial charge in [-0.1, -0.05) is 30.0 Å². The molecule has 1 aliphatic rings. The van der Waals surface area contributed by atoms with Crippen LogP contribution in [0.25, 0.3) is 6.08 Å². The number of rotatable bonds is 3. The number of hydrogen-bond acceptors (Lipinski definition) is 4. The number of carbonyl (C=O) groups is 1. The molecule has 108 valence electrons. The maximum absolute atomic E-state index is 10.8. The van der Waals surface area contributed by atoms with Gasteiger partial charge in [0.05, 0.1) is 16.9 Å². The van der Waals surface area contributed by atoms with E-state index in [1.54, 1.807) is 17.8 Å². The molecule has 0 radical (unpaired) electrons. The normalized spacial score (nSPS) is 13.1. The van der Waals surface area contributed by atoms with Crippen molar-refractivity contribution in [1.82, 2.24) is 0 Å². The van der Waals surface area contributed by atoms with Crippen LogP contribution in [0.4, 0.5) is 11.4 Å². The first kappa shape index (κ1) is 14.4. The fraction of sp³-hybridized carbons (Fsp3) is 0.111. The summed E-state index contributed by atoms with van der Waals surface area (Å²) in [5.74, 6) is 0. The zero-order chi connectivity index (χ0) is 15.5. The number of carbonyl (C=O) groups excluding carboxylic acids is 1. The van der Waals surface area contributed by atoms with Crippen LogP contribution in [0.5, 0.6) is 0 Å². The van der Waals surface area contributed by atoms with Crippen molar-refractivity contribution >= 4 is 35.5 Å². The fourth-order valence-corrected chi connectivity index (χ4v) is 3.70. The molecule has 0 aliphatic carbocycles. The number of hydrogen-bond donors (Lipinski definition) is 0. The minimum atomic E-state index is 0.133. The van der Waals surface area contributed by atoms with Crippen LogP contribution >= 0.6 is 11.8 Å². The molecule has 1 heterocycles. The molecule has 0 aromatic heterocycles. The van der Waals surface area contributed by atoms with E-state index < -0.39 is 0 Å². The molecule has 2 aromatic rings. The van der Waals surface area contributed by atoms with Crippen molar-refractivity contribution in [3.8, 4) is 6.07 Å². The van der Waals surface area contributed by atoms with Crippen LogP contribution in [0.2, 0.25) is 0 Å². The van der Waals surface area contributed by atoms with Crippen LogP contribution in [0, 0.1) is 11.3 Å². The quantitative estimate of drug-likeness (QED) is 0.478. The predicted octanol–water partition coefficient (Wildman–Crippen LogP) is 4.42. The topological polar surface area (TPSA) is 44.1 Å². The van der Waals surface area contributed by atoms with Gasteiger partial charge in [0.1, 0.15) is 6.07 Å². The highest BCUT2D eigenvalue weighted by molar-refractivity contribution is 7.99. The maximum Gasteiger partial charge on any atom is 0.160 e. The summed E-state index contributed by atoms with van der Waals surface area (Å²) in [6.07, 6.45) is 2.20. The first-order valence-electron chi connectivity index (χ1n) is 7.02. The summed E-state index contributed by atoms with van der Waals surface area (Å²) >= 11 is 1.72. The third-order valence-electron chi connectivity index (χ3n) is 3.55. The van der Waals surface area contributed by atoms with Crippen molar-refractivity contribution in [3.63, 3.8) is 0 Å². The highest BCUT2D eigenvalue weighted by Crippen LogP contribution is 2.48. The molecule has 22 heavy (non-hydrogen) atoms. The van der Waals surface area contributed by atoms with Gasteiger partial charge in [0.2, 0.25) is 0 Å². The average Bonchev–Trinajstić information content (AvgIpc) is 2.57. The largest absolute Gasteiger partial charge is 0.340 e. The van der Waals surface area contributed by atoms with Gasteiger partial charge in [-0.15, -0.1) is 0 Å². The SMILES string of the molecule is CCN1c2ccccc2Sc2cc(/C=C(/C#N)C=O)ccc21. The Bertz CT molecular complexity index is 805. The summed E-state index contributed by atoms with van der Waals surface area (Å²) < 4.78 is 0. The van der Waals surface area contributed by atoms with Crippen LogP contribution in [-0.4, -0.2) is 12.8 Å². The third-order valence-corrected chi connectivity index (χ3v) is 4.66. The van der Waals surface area contributed by atoms with E-state index in [1.165, 1.54) is 10.6 Å². The number of fused-ring (bicyclic) bond motifs is 2. The summed E-state index contributed by atoms with van der Waals surface area (Å²) in [4.78, 5) is 15.4. The molecule has 0 atom stereocenters. The molecule has 3 nitrogen and oxygen atoms in total. The lowest BCUT2D eigenvalue weighted by Gasteiger charge is -2.32. The first-order valence-corrected chi connectivity index (χ1v) is 7.84. The number of nitriles is 1. The van der Waals surface area contributed by atoms with Crippen LogP contribution < -0.4 is 4.90 Å². The van der Waals surface area contributed by atoms with Gasteiger partial charge < -0.3 is 4.90 Å². The van der Waals surface area contributed by atoms with Crippen molar-refractivity contribution in [3.05, 3.63) is 53.6 Å². The average molecular weight is 306 g/mol. The molecule has 2 aromatic carbocycles. The van der Waals surface area contributed by atoms with Gasteiger partial charge in [-0.3, -0.25) is 4.79 Å². The molecule has 1 aliphatic heterocycles. The van der Waals surface area contributed by atoms with Gasteiger partial charge in [0.15, 0.2) is 6.29 Å². The van der Waals surface area contributed by atoms with Gasteiger partial charge in [0, 0.05) is 16.3 Å². The van der Waals surface area contributed by atoms with Crippen molar-refractivity contribution in [2.75, 3.05) is 11.4 Å². The van der Waals surface area contributed by atoms with Crippen LogP contribution in [0.1, 0.15) is 12.5 Å². The van der Waals surface area contributed by atoms with Crippen molar-refractivity contribution < 1.29 is 4.79 Å². The standard InChI is InChI=1S/C18H14N2OS/c1-2-20-15-5-3-4-6-17(15)22-18-10-13(7-8-16(18)20)9-14(11-19)12-21/h3-10,12H,2H2,1H3/b14-9-. The molecule has 0 fully saturated rings. The molecule has 0 amide bonds. The molecule has 4 heteroatoms. The van der Waals surface area contributed by atoms with E-state index in [1.807, 2.05) is 36.4 Å². The molecule has 3 rings (SSSR count). The Labute approximate surface area is 133 Å². The van der Waals surface area contributed by atoms with Gasteiger partial charge in [-0.05, 0) is 42.8 Å². The zero-order valence-corrected chi connectivity index (χ0v) is 12.9. The Hall–Kier alpha value is -2.51. The van der Waals surface area contributed by atoms with E-state index in [0.717, 1.165) is 22.7 Å². The molecular formula is C18H14N2OS. The lowest BCUT2D eigenvalue weighted by Crippen LogP contribution is -2.19. The van der Waals surface area contributed by atoms with Crippen LogP contribution in [-0.2, 0) is 4.79 Å². The molecule has 0 unspecified atom stereocenters. The molecule has 0 spiro atoms. The Morgan fingerprint density at radius 3 is 2.73 bits per heavy atom. The monoisotopic (exact) mass is 306 g/mol. The number of benzene rings is 2. The number of nitrogens with zero attached hydrogens (tertiary/aromatic N) is 2. The smallest absolute Gasteiger partial charge is 0.160 e. The lowest BCUT2D eigenvalue weighted by molar-refractivity contribution is -0.104. The Morgan fingerprint density at radius 1 is 1.23 bits per heavy atom. The van der Waals surface area contributed by atoms with Gasteiger partial charge in [0.25, 0.3) is 0 Å². The van der Waals surface area contributed by atoms with E-state index in [2.05, 4.69) is 24.0 Å². The van der Waals surface area contributed by atoms with Crippen molar-refractivity contribution in [1.29, 1.82) is 5.26 Å². The number of anilines is 2. The summed E-state index contributed by atoms with van der Waals surface area (Å²) in [5.41, 5.74) is 3.38.